The first kappa shape index (κ1) is 36.4. The van der Waals surface area contributed by atoms with Gasteiger partial charge in [0.15, 0.2) is 5.82 Å². The SMILES string of the molecule is CCC[C@@H](CCO[Si](c1ccccc1)(c1ccccc1)C(C)(C)C)Nc1nc(NC(=O)OC)nc2cnn(Cc3cnc(CO)cc3OC)c12. The fourth-order valence-corrected chi connectivity index (χ4v) is 11.0. The Hall–Kier alpha value is -4.85. The zero-order chi connectivity index (χ0) is 35.7. The molecule has 0 radical (unpaired) electrons. The van der Waals surface area contributed by atoms with Crippen molar-refractivity contribution in [3.63, 3.8) is 0 Å². The van der Waals surface area contributed by atoms with E-state index in [1.165, 1.54) is 17.5 Å². The maximum Gasteiger partial charge on any atom is 0.413 e. The standard InChI is InChI=1S/C37H47N7O5Si/c1-7-14-27(19-20-49-50(37(2,3)4,29-15-10-8-11-16-29)30-17-12-9-13-18-30)40-34-33-31(41-35(42-34)43-36(46)48-6)23-39-44(33)24-26-22-38-28(25-45)21-32(26)47-5/h8-13,15-18,21-23,27,45H,7,14,19-20,24-25H2,1-6H3,(H2,40,41,42,43,46)/t27-/m0/s1. The van der Waals surface area contributed by atoms with Crippen molar-refractivity contribution in [1.29, 1.82) is 0 Å². The molecule has 264 valence electrons. The molecule has 1 amide bonds. The van der Waals surface area contributed by atoms with Crippen LogP contribution in [-0.4, -0.2) is 71.1 Å². The molecule has 0 bridgehead atoms. The highest BCUT2D eigenvalue weighted by Gasteiger charge is 2.50. The third-order valence-corrected chi connectivity index (χ3v) is 13.8. The molecule has 50 heavy (non-hydrogen) atoms. The van der Waals surface area contributed by atoms with Crippen molar-refractivity contribution in [2.75, 3.05) is 31.5 Å². The minimum Gasteiger partial charge on any atom is -0.496 e. The monoisotopic (exact) mass is 697 g/mol. The fourth-order valence-electron chi connectivity index (χ4n) is 6.43. The van der Waals surface area contributed by atoms with E-state index in [2.05, 4.69) is 102 Å². The van der Waals surface area contributed by atoms with Crippen LogP contribution in [0.2, 0.25) is 5.04 Å². The summed E-state index contributed by atoms with van der Waals surface area (Å²) in [6.45, 7) is 9.61. The Bertz CT molecular complexity index is 1830. The quantitative estimate of drug-likeness (QED) is 0.120. The number of aromatic nitrogens is 5. The molecule has 0 aliphatic rings. The molecule has 3 aromatic heterocycles. The molecule has 3 N–H and O–H groups in total. The molecule has 0 aliphatic heterocycles. The van der Waals surface area contributed by atoms with Crippen LogP contribution in [0.5, 0.6) is 5.75 Å². The van der Waals surface area contributed by atoms with Crippen LogP contribution in [0.4, 0.5) is 16.6 Å². The normalized spacial score (nSPS) is 12.5. The number of carbonyl (C=O) groups excluding carboxylic acids is 1. The van der Waals surface area contributed by atoms with Crippen LogP contribution in [0.25, 0.3) is 11.0 Å². The van der Waals surface area contributed by atoms with Gasteiger partial charge in [0.25, 0.3) is 8.32 Å². The van der Waals surface area contributed by atoms with Gasteiger partial charge in [-0.05, 0) is 28.3 Å². The van der Waals surface area contributed by atoms with E-state index in [-0.39, 0.29) is 23.6 Å². The Balaban J connectivity index is 1.49. The lowest BCUT2D eigenvalue weighted by atomic mass is 10.1. The summed E-state index contributed by atoms with van der Waals surface area (Å²) in [7, 11) is 0.139. The summed E-state index contributed by atoms with van der Waals surface area (Å²) in [5, 5.41) is 22.8. The van der Waals surface area contributed by atoms with Crippen molar-refractivity contribution in [3.05, 3.63) is 90.4 Å². The Kier molecular flexibility index (Phi) is 11.8. The van der Waals surface area contributed by atoms with Crippen molar-refractivity contribution in [2.45, 2.75) is 71.2 Å². The Morgan fingerprint density at radius 2 is 1.66 bits per heavy atom. The number of methoxy groups -OCH3 is 2. The molecule has 1 atom stereocenters. The van der Waals surface area contributed by atoms with E-state index >= 15 is 0 Å². The molecule has 2 aromatic carbocycles. The second-order valence-corrected chi connectivity index (χ2v) is 17.4. The number of nitrogens with one attached hydrogen (secondary N) is 2. The van der Waals surface area contributed by atoms with Crippen molar-refractivity contribution in [3.8, 4) is 5.75 Å². The van der Waals surface area contributed by atoms with Gasteiger partial charge < -0.3 is 24.3 Å². The molecule has 0 spiro atoms. The maximum atomic E-state index is 12.2. The van der Waals surface area contributed by atoms with Gasteiger partial charge in [0, 0.05) is 30.5 Å². The summed E-state index contributed by atoms with van der Waals surface area (Å²) in [5.41, 5.74) is 2.46. The van der Waals surface area contributed by atoms with Gasteiger partial charge in [-0.1, -0.05) is 94.8 Å². The van der Waals surface area contributed by atoms with Crippen LogP contribution in [0.1, 0.15) is 58.2 Å². The summed E-state index contributed by atoms with van der Waals surface area (Å²) in [6, 6.07) is 22.9. The topological polar surface area (TPSA) is 146 Å². The molecule has 0 fully saturated rings. The van der Waals surface area contributed by atoms with Crippen LogP contribution < -0.4 is 25.7 Å². The van der Waals surface area contributed by atoms with E-state index in [1.54, 1.807) is 30.3 Å². The number of ether oxygens (including phenoxy) is 2. The zero-order valence-corrected chi connectivity index (χ0v) is 30.6. The third kappa shape index (κ3) is 7.96. The molecule has 5 rings (SSSR count). The highest BCUT2D eigenvalue weighted by atomic mass is 28.4. The van der Waals surface area contributed by atoms with E-state index in [4.69, 9.17) is 18.9 Å². The number of benzene rings is 2. The number of hydrogen-bond donors (Lipinski definition) is 3. The number of rotatable bonds is 15. The van der Waals surface area contributed by atoms with E-state index in [9.17, 15) is 9.90 Å². The van der Waals surface area contributed by atoms with Gasteiger partial charge in [-0.2, -0.15) is 10.1 Å². The van der Waals surface area contributed by atoms with Gasteiger partial charge in [-0.25, -0.2) is 9.78 Å². The number of pyridine rings is 1. The van der Waals surface area contributed by atoms with Gasteiger partial charge in [-0.3, -0.25) is 15.0 Å². The molecule has 0 saturated carbocycles. The lowest BCUT2D eigenvalue weighted by Gasteiger charge is -2.43. The number of anilines is 2. The van der Waals surface area contributed by atoms with Crippen LogP contribution in [-0.2, 0) is 22.3 Å². The Labute approximate surface area is 294 Å². The number of fused-ring (bicyclic) bond motifs is 1. The van der Waals surface area contributed by atoms with Crippen molar-refractivity contribution in [1.82, 2.24) is 24.7 Å². The largest absolute Gasteiger partial charge is 0.496 e. The lowest BCUT2D eigenvalue weighted by molar-refractivity contribution is 0.186. The van der Waals surface area contributed by atoms with Gasteiger partial charge in [0.1, 0.15) is 16.8 Å². The number of hydrogen-bond acceptors (Lipinski definition) is 10. The van der Waals surface area contributed by atoms with E-state index < -0.39 is 14.4 Å². The number of carbonyl (C=O) groups is 1. The van der Waals surface area contributed by atoms with Crippen LogP contribution in [0, 0.1) is 0 Å². The Morgan fingerprint density at radius 3 is 2.24 bits per heavy atom. The highest BCUT2D eigenvalue weighted by molar-refractivity contribution is 6.99. The summed E-state index contributed by atoms with van der Waals surface area (Å²) >= 11 is 0. The van der Waals surface area contributed by atoms with Crippen LogP contribution >= 0.6 is 0 Å². The minimum absolute atomic E-state index is 0.0225. The number of aliphatic hydroxyl groups excluding tert-OH is 1. The molecule has 12 nitrogen and oxygen atoms in total. The predicted octanol–water partition coefficient (Wildman–Crippen LogP) is 5.50. The average Bonchev–Trinajstić information content (AvgIpc) is 3.53. The van der Waals surface area contributed by atoms with Gasteiger partial charge in [-0.15, -0.1) is 0 Å². The highest BCUT2D eigenvalue weighted by Crippen LogP contribution is 2.37. The molecule has 0 saturated heterocycles. The molecule has 3 heterocycles. The van der Waals surface area contributed by atoms with Crippen molar-refractivity contribution in [2.24, 2.45) is 0 Å². The van der Waals surface area contributed by atoms with Crippen LogP contribution in [0.3, 0.4) is 0 Å². The lowest BCUT2D eigenvalue weighted by Crippen LogP contribution is -2.66. The molecular formula is C37H47N7O5Si. The van der Waals surface area contributed by atoms with Gasteiger partial charge in [0.2, 0.25) is 5.95 Å². The van der Waals surface area contributed by atoms with E-state index in [0.717, 1.165) is 18.4 Å². The van der Waals surface area contributed by atoms with Crippen molar-refractivity contribution >= 4 is 47.6 Å². The number of aliphatic hydroxyl groups is 1. The van der Waals surface area contributed by atoms with E-state index in [0.29, 0.717) is 47.9 Å². The van der Waals surface area contributed by atoms with E-state index in [1.807, 2.05) is 12.1 Å². The molecule has 0 aliphatic carbocycles. The zero-order valence-electron chi connectivity index (χ0n) is 29.6. The molecule has 0 unspecified atom stereocenters. The Morgan fingerprint density at radius 1 is 0.980 bits per heavy atom. The maximum absolute atomic E-state index is 12.2. The van der Waals surface area contributed by atoms with Gasteiger partial charge in [0.05, 0.1) is 39.3 Å². The summed E-state index contributed by atoms with van der Waals surface area (Å²) in [5.74, 6) is 1.19. The number of nitrogens with zero attached hydrogens (tertiary/aromatic N) is 5. The first-order chi connectivity index (χ1) is 24.1. The second-order valence-electron chi connectivity index (χ2n) is 13.1. The summed E-state index contributed by atoms with van der Waals surface area (Å²) < 4.78 is 19.4. The first-order valence-corrected chi connectivity index (χ1v) is 18.8. The second kappa shape index (κ2) is 16.2. The molecular weight excluding hydrogens is 651 g/mol. The summed E-state index contributed by atoms with van der Waals surface area (Å²) in [6.07, 6.45) is 5.11. The fraction of sp³-hybridized carbons (Fsp3) is 0.378. The first-order valence-electron chi connectivity index (χ1n) is 16.9. The molecule has 5 aromatic rings. The predicted molar refractivity (Wildman–Crippen MR) is 198 cm³/mol. The minimum atomic E-state index is -2.73. The smallest absolute Gasteiger partial charge is 0.413 e. The summed E-state index contributed by atoms with van der Waals surface area (Å²) in [4.78, 5) is 25.8. The van der Waals surface area contributed by atoms with Crippen LogP contribution in [0.15, 0.2) is 79.1 Å². The number of amides is 1. The average molecular weight is 698 g/mol. The third-order valence-electron chi connectivity index (χ3n) is 8.77. The molecule has 13 heteroatoms. The van der Waals surface area contributed by atoms with Crippen molar-refractivity contribution < 1.29 is 23.8 Å². The van der Waals surface area contributed by atoms with Gasteiger partial charge >= 0.3 is 6.09 Å².